The van der Waals surface area contributed by atoms with Crippen LogP contribution in [0.25, 0.3) is 0 Å². The highest BCUT2D eigenvalue weighted by Gasteiger charge is 2.09. The number of hydrogen-bond acceptors (Lipinski definition) is 3. The Kier molecular flexibility index (Phi) is 6.04. The zero-order chi connectivity index (χ0) is 9.40. The highest BCUT2D eigenvalue weighted by atomic mass is 19.1. The van der Waals surface area contributed by atoms with E-state index in [9.17, 15) is 4.39 Å². The van der Waals surface area contributed by atoms with Gasteiger partial charge in [-0.3, -0.25) is 4.39 Å². The lowest BCUT2D eigenvalue weighted by atomic mass is 10.2. The smallest absolute Gasteiger partial charge is 0.512 e. The maximum Gasteiger partial charge on any atom is 0.707 e. The summed E-state index contributed by atoms with van der Waals surface area (Å²) in [6.07, 6.45) is 0. The van der Waals surface area contributed by atoms with Gasteiger partial charge in [-0.2, -0.15) is 0 Å². The summed E-state index contributed by atoms with van der Waals surface area (Å²) >= 11 is 0. The highest BCUT2D eigenvalue weighted by Crippen LogP contribution is 2.07. The van der Waals surface area contributed by atoms with Crippen LogP contribution in [0.15, 0.2) is 30.3 Å². The van der Waals surface area contributed by atoms with Crippen molar-refractivity contribution in [2.24, 2.45) is 0 Å². The van der Waals surface area contributed by atoms with Gasteiger partial charge in [0.25, 0.3) is 0 Å². The molecule has 2 N–H and O–H groups in total. The fourth-order valence-corrected chi connectivity index (χ4v) is 0.621. The predicted octanol–water partition coefficient (Wildman–Crippen LogP) is 0.621. The largest absolute Gasteiger partial charge is 0.707 e. The summed E-state index contributed by atoms with van der Waals surface area (Å²) < 4.78 is 14.0. The number of benzene rings is 1. The van der Waals surface area contributed by atoms with Crippen LogP contribution in [0, 0.1) is 0 Å². The van der Waals surface area contributed by atoms with Gasteiger partial charge in [-0.25, -0.2) is 0 Å². The van der Waals surface area contributed by atoms with Crippen LogP contribution < -0.4 is 4.65 Å². The third-order valence-electron chi connectivity index (χ3n) is 0.985. The molecule has 0 atom stereocenters. The van der Waals surface area contributed by atoms with Gasteiger partial charge in [-0.1, -0.05) is 18.2 Å². The minimum absolute atomic E-state index is 0.442. The zero-order valence-electron chi connectivity index (χ0n) is 6.64. The lowest BCUT2D eigenvalue weighted by molar-refractivity contribution is 0.288. The molecule has 0 saturated carbocycles. The number of rotatable bonds is 2. The molecule has 0 aromatic heterocycles. The molecule has 1 aromatic carbocycles. The van der Waals surface area contributed by atoms with E-state index in [4.69, 9.17) is 10.0 Å². The number of alkyl halides is 1. The Hall–Kier alpha value is -1.07. The van der Waals surface area contributed by atoms with Crippen molar-refractivity contribution in [3.63, 3.8) is 0 Å². The lowest BCUT2D eigenvalue weighted by Crippen LogP contribution is -2.20. The summed E-state index contributed by atoms with van der Waals surface area (Å²) in [6, 6.07) is 8.59. The van der Waals surface area contributed by atoms with E-state index < -0.39 is 7.32 Å². The van der Waals surface area contributed by atoms with E-state index in [1.54, 1.807) is 24.3 Å². The molecule has 0 aliphatic heterocycles. The Morgan fingerprint density at radius 1 is 1.17 bits per heavy atom. The number of halogens is 1. The summed E-state index contributed by atoms with van der Waals surface area (Å²) in [5.41, 5.74) is 0. The van der Waals surface area contributed by atoms with E-state index >= 15 is 0 Å². The Labute approximate surface area is 70.6 Å². The molecular formula is C7H10BFO3. The molecule has 0 aliphatic rings. The minimum Gasteiger partial charge on any atom is -0.512 e. The molecule has 1 aromatic rings. The summed E-state index contributed by atoms with van der Waals surface area (Å²) in [7, 11) is -1.23. The van der Waals surface area contributed by atoms with Gasteiger partial charge >= 0.3 is 7.32 Å². The van der Waals surface area contributed by atoms with Gasteiger partial charge < -0.3 is 14.7 Å². The lowest BCUT2D eigenvalue weighted by Gasteiger charge is -2.01. The van der Waals surface area contributed by atoms with E-state index in [0.29, 0.717) is 12.9 Å². The molecule has 0 fully saturated rings. The maximum absolute atomic E-state index is 9.50. The quantitative estimate of drug-likeness (QED) is 0.642. The molecule has 3 nitrogen and oxygen atoms in total. The Bertz CT molecular complexity index is 193. The Morgan fingerprint density at radius 3 is 2.08 bits per heavy atom. The second-order valence-electron chi connectivity index (χ2n) is 1.76. The third-order valence-corrected chi connectivity index (χ3v) is 0.985. The molecule has 0 saturated heterocycles. The van der Waals surface area contributed by atoms with Gasteiger partial charge in [0.05, 0.1) is 7.18 Å². The standard InChI is InChI=1S/C6H7BO3.CH3F/c8-7(9)10-6-4-2-1-3-5-6;1-2/h1-5,8-9H;1H3. The first-order chi connectivity index (χ1) is 5.79. The second-order valence-corrected chi connectivity index (χ2v) is 1.76. The van der Waals surface area contributed by atoms with Crippen LogP contribution in [0.3, 0.4) is 0 Å². The molecule has 0 unspecified atom stereocenters. The summed E-state index contributed by atoms with van der Waals surface area (Å²) in [6.45, 7) is 0. The average molecular weight is 172 g/mol. The minimum atomic E-state index is -1.73. The van der Waals surface area contributed by atoms with Crippen molar-refractivity contribution in [3.8, 4) is 5.75 Å². The molecule has 0 aliphatic carbocycles. The fourth-order valence-electron chi connectivity index (χ4n) is 0.621. The SMILES string of the molecule is CF.OB(O)Oc1ccccc1. The molecule has 0 radical (unpaired) electrons. The van der Waals surface area contributed by atoms with Crippen molar-refractivity contribution >= 4 is 7.32 Å². The van der Waals surface area contributed by atoms with Crippen LogP contribution in [0.1, 0.15) is 0 Å². The van der Waals surface area contributed by atoms with Crippen LogP contribution in [-0.2, 0) is 0 Å². The first-order valence-corrected chi connectivity index (χ1v) is 3.24. The summed E-state index contributed by atoms with van der Waals surface area (Å²) in [5.74, 6) is 0.442. The molecule has 0 amide bonds. The Morgan fingerprint density at radius 2 is 1.67 bits per heavy atom. The van der Waals surface area contributed by atoms with Gasteiger partial charge in [0.1, 0.15) is 5.75 Å². The predicted molar refractivity (Wildman–Crippen MR) is 44.3 cm³/mol. The monoisotopic (exact) mass is 172 g/mol. The van der Waals surface area contributed by atoms with Crippen molar-refractivity contribution in [1.29, 1.82) is 0 Å². The average Bonchev–Trinajstić information content (AvgIpc) is 2.08. The van der Waals surface area contributed by atoms with Gasteiger partial charge in [0, 0.05) is 0 Å². The van der Waals surface area contributed by atoms with Gasteiger partial charge in [0.2, 0.25) is 0 Å². The van der Waals surface area contributed by atoms with Crippen molar-refractivity contribution in [1.82, 2.24) is 0 Å². The van der Waals surface area contributed by atoms with Crippen LogP contribution in [-0.4, -0.2) is 24.5 Å². The molecular weight excluding hydrogens is 162 g/mol. The first kappa shape index (κ1) is 10.9. The van der Waals surface area contributed by atoms with Crippen LogP contribution in [0.4, 0.5) is 4.39 Å². The van der Waals surface area contributed by atoms with Gasteiger partial charge in [-0.15, -0.1) is 0 Å². The summed E-state index contributed by atoms with van der Waals surface area (Å²) in [5, 5.41) is 16.7. The molecule has 5 heteroatoms. The Balaban J connectivity index is 0.000000561. The van der Waals surface area contributed by atoms with Gasteiger partial charge in [0.15, 0.2) is 0 Å². The molecule has 0 heterocycles. The van der Waals surface area contributed by atoms with Crippen LogP contribution >= 0.6 is 0 Å². The third kappa shape index (κ3) is 4.70. The fraction of sp³-hybridized carbons (Fsp3) is 0.143. The first-order valence-electron chi connectivity index (χ1n) is 3.24. The van der Waals surface area contributed by atoms with E-state index in [0.717, 1.165) is 0 Å². The second kappa shape index (κ2) is 6.63. The van der Waals surface area contributed by atoms with E-state index in [2.05, 4.69) is 4.65 Å². The van der Waals surface area contributed by atoms with Crippen molar-refractivity contribution in [2.75, 3.05) is 7.18 Å². The van der Waals surface area contributed by atoms with Crippen molar-refractivity contribution in [3.05, 3.63) is 30.3 Å². The van der Waals surface area contributed by atoms with E-state index in [1.165, 1.54) is 0 Å². The molecule has 1 rings (SSSR count). The highest BCUT2D eigenvalue weighted by molar-refractivity contribution is 6.33. The normalized spacial score (nSPS) is 8.00. The van der Waals surface area contributed by atoms with E-state index in [1.807, 2.05) is 6.07 Å². The number of hydrogen-bond donors (Lipinski definition) is 2. The van der Waals surface area contributed by atoms with E-state index in [-0.39, 0.29) is 0 Å². The molecule has 0 spiro atoms. The molecule has 66 valence electrons. The zero-order valence-corrected chi connectivity index (χ0v) is 6.64. The van der Waals surface area contributed by atoms with Crippen LogP contribution in [0.2, 0.25) is 0 Å². The van der Waals surface area contributed by atoms with Crippen LogP contribution in [0.5, 0.6) is 5.75 Å². The molecule has 12 heavy (non-hydrogen) atoms. The number of para-hydroxylation sites is 1. The van der Waals surface area contributed by atoms with Crippen molar-refractivity contribution < 1.29 is 19.1 Å². The molecule has 0 bridgehead atoms. The van der Waals surface area contributed by atoms with Gasteiger partial charge in [-0.05, 0) is 12.1 Å². The topological polar surface area (TPSA) is 49.7 Å². The summed E-state index contributed by atoms with van der Waals surface area (Å²) in [4.78, 5) is 0. The maximum atomic E-state index is 9.50. The van der Waals surface area contributed by atoms with Crippen molar-refractivity contribution in [2.45, 2.75) is 0 Å².